The quantitative estimate of drug-likeness (QED) is 0.281. The first-order valence-corrected chi connectivity index (χ1v) is 13.0. The zero-order chi connectivity index (χ0) is 26.6. The number of benzene rings is 3. The van der Waals surface area contributed by atoms with Gasteiger partial charge in [-0.15, -0.1) is 11.8 Å². The monoisotopic (exact) mass is 525 g/mol. The second-order valence-corrected chi connectivity index (χ2v) is 9.06. The van der Waals surface area contributed by atoms with Crippen LogP contribution in [0.15, 0.2) is 71.6 Å². The first-order chi connectivity index (χ1) is 17.9. The molecule has 0 bridgehead atoms. The molecule has 0 unspecified atom stereocenters. The van der Waals surface area contributed by atoms with Gasteiger partial charge in [-0.1, -0.05) is 30.3 Å². The molecule has 0 radical (unpaired) electrons. The largest absolute Gasteiger partial charge is 0.494 e. The summed E-state index contributed by atoms with van der Waals surface area (Å²) < 4.78 is 16.6. The van der Waals surface area contributed by atoms with E-state index in [-0.39, 0.29) is 0 Å². The van der Waals surface area contributed by atoms with Crippen LogP contribution in [-0.2, 0) is 29.1 Å². The molecule has 1 heterocycles. The zero-order valence-electron chi connectivity index (χ0n) is 20.9. The maximum Gasteiger partial charge on any atom is 0.414 e. The highest BCUT2D eigenvalue weighted by Crippen LogP contribution is 2.32. The number of hydrogen-bond acceptors (Lipinski definition) is 7. The molecule has 2 N–H and O–H groups in total. The fourth-order valence-electron chi connectivity index (χ4n) is 3.70. The Balaban J connectivity index is 0.000000568. The normalized spacial score (nSPS) is 11.5. The van der Waals surface area contributed by atoms with Crippen molar-refractivity contribution in [3.05, 3.63) is 83.4 Å². The molecule has 0 spiro atoms. The Labute approximate surface area is 220 Å². The summed E-state index contributed by atoms with van der Waals surface area (Å²) in [6.45, 7) is 5.76. The number of nitrogens with zero attached hydrogens (tertiary/aromatic N) is 1. The molecule has 0 aromatic heterocycles. The Morgan fingerprint density at radius 2 is 1.43 bits per heavy atom. The number of fused-ring (bicyclic) bond motifs is 1. The van der Waals surface area contributed by atoms with Crippen LogP contribution in [0.4, 0.5) is 0 Å². The van der Waals surface area contributed by atoms with Gasteiger partial charge in [0.25, 0.3) is 0 Å². The van der Waals surface area contributed by atoms with Gasteiger partial charge in [0.1, 0.15) is 5.75 Å². The van der Waals surface area contributed by atoms with Gasteiger partial charge in [-0.3, -0.25) is 4.90 Å². The first-order valence-electron chi connectivity index (χ1n) is 11.8. The van der Waals surface area contributed by atoms with Crippen molar-refractivity contribution in [3.8, 4) is 17.2 Å². The number of rotatable bonds is 10. The van der Waals surface area contributed by atoms with E-state index in [9.17, 15) is 0 Å². The smallest absolute Gasteiger partial charge is 0.414 e. The van der Waals surface area contributed by atoms with Gasteiger partial charge in [-0.2, -0.15) is 0 Å². The topological polar surface area (TPSA) is 106 Å². The van der Waals surface area contributed by atoms with Gasteiger partial charge in [-0.05, 0) is 72.7 Å². The van der Waals surface area contributed by atoms with Gasteiger partial charge >= 0.3 is 11.9 Å². The number of hydrogen-bond donors (Lipinski definition) is 2. The van der Waals surface area contributed by atoms with Crippen LogP contribution in [0.25, 0.3) is 0 Å². The molecule has 4 rings (SSSR count). The average Bonchev–Trinajstić information content (AvgIpc) is 3.37. The minimum Gasteiger partial charge on any atom is -0.494 e. The van der Waals surface area contributed by atoms with E-state index in [4.69, 9.17) is 34.0 Å². The van der Waals surface area contributed by atoms with Crippen LogP contribution in [-0.4, -0.2) is 53.3 Å². The fourth-order valence-corrected chi connectivity index (χ4v) is 4.11. The van der Waals surface area contributed by atoms with E-state index < -0.39 is 11.9 Å². The predicted octanol–water partition coefficient (Wildman–Crippen LogP) is 4.94. The molecule has 3 aromatic carbocycles. The predicted molar refractivity (Wildman–Crippen MR) is 141 cm³/mol. The van der Waals surface area contributed by atoms with E-state index in [1.165, 1.54) is 21.6 Å². The molecule has 0 aliphatic carbocycles. The van der Waals surface area contributed by atoms with E-state index in [0.717, 1.165) is 43.3 Å². The Hall–Kier alpha value is -3.69. The van der Waals surface area contributed by atoms with Crippen LogP contribution in [0.3, 0.4) is 0 Å². The number of thioether (sulfide) groups is 1. The summed E-state index contributed by atoms with van der Waals surface area (Å²) in [5.41, 5.74) is 3.88. The van der Waals surface area contributed by atoms with Crippen molar-refractivity contribution in [2.75, 3.05) is 26.2 Å². The average molecular weight is 526 g/mol. The molecule has 3 aromatic rings. The Morgan fingerprint density at radius 3 is 2.00 bits per heavy atom. The van der Waals surface area contributed by atoms with Crippen LogP contribution in [0.5, 0.6) is 17.2 Å². The standard InChI is InChI=1S/C26H29NO3S.C2H2O4/c1-3-28-23-9-4-21(5-10-23)17-27(18-22-6-11-24(31-2)12-7-22)15-14-20-8-13-25-26(16-20)30-19-29-25;3-1(4)2(5)6/h4-13,16H,3,14-15,17-19H2,1-2H3;(H,3,4)(H,5,6). The van der Waals surface area contributed by atoms with Gasteiger partial charge in [0.2, 0.25) is 6.79 Å². The van der Waals surface area contributed by atoms with Gasteiger partial charge in [-0.25, -0.2) is 9.59 Å². The summed E-state index contributed by atoms with van der Waals surface area (Å²) in [7, 11) is 0. The second-order valence-electron chi connectivity index (χ2n) is 8.18. The van der Waals surface area contributed by atoms with Crippen LogP contribution in [0, 0.1) is 0 Å². The fraction of sp³-hybridized carbons (Fsp3) is 0.286. The molecule has 0 saturated heterocycles. The van der Waals surface area contributed by atoms with Crippen LogP contribution < -0.4 is 14.2 Å². The van der Waals surface area contributed by atoms with Crippen molar-refractivity contribution >= 4 is 23.7 Å². The maximum absolute atomic E-state index is 9.10. The molecule has 1 aliphatic heterocycles. The number of carboxylic acid groups (broad SMARTS) is 2. The molecule has 9 heteroatoms. The third kappa shape index (κ3) is 9.04. The van der Waals surface area contributed by atoms with Crippen molar-refractivity contribution in [1.82, 2.24) is 4.90 Å². The third-order valence-corrected chi connectivity index (χ3v) is 6.29. The summed E-state index contributed by atoms with van der Waals surface area (Å²) in [6.07, 6.45) is 3.06. The van der Waals surface area contributed by atoms with E-state index in [1.54, 1.807) is 11.8 Å². The number of aliphatic carboxylic acids is 2. The van der Waals surface area contributed by atoms with Crippen molar-refractivity contribution in [2.24, 2.45) is 0 Å². The first kappa shape index (κ1) is 27.9. The molecule has 0 fully saturated rings. The number of carbonyl (C=O) groups is 2. The van der Waals surface area contributed by atoms with Crippen LogP contribution in [0.1, 0.15) is 23.6 Å². The minimum atomic E-state index is -1.82. The van der Waals surface area contributed by atoms with Gasteiger partial charge in [0.05, 0.1) is 6.61 Å². The second kappa shape index (κ2) is 14.2. The summed E-state index contributed by atoms with van der Waals surface area (Å²) in [6, 6.07) is 23.6. The zero-order valence-corrected chi connectivity index (χ0v) is 21.7. The van der Waals surface area contributed by atoms with E-state index in [0.29, 0.717) is 13.4 Å². The number of ether oxygens (including phenoxy) is 3. The lowest BCUT2D eigenvalue weighted by Crippen LogP contribution is -2.25. The Morgan fingerprint density at radius 1 is 0.865 bits per heavy atom. The molecule has 0 atom stereocenters. The van der Waals surface area contributed by atoms with Crippen molar-refractivity contribution in [3.63, 3.8) is 0 Å². The Bertz CT molecular complexity index is 1150. The van der Waals surface area contributed by atoms with Crippen LogP contribution >= 0.6 is 11.8 Å². The minimum absolute atomic E-state index is 0.314. The van der Waals surface area contributed by atoms with Gasteiger partial charge < -0.3 is 24.4 Å². The van der Waals surface area contributed by atoms with Crippen molar-refractivity contribution < 1.29 is 34.0 Å². The van der Waals surface area contributed by atoms with Gasteiger partial charge in [0.15, 0.2) is 11.5 Å². The molecule has 0 saturated carbocycles. The highest BCUT2D eigenvalue weighted by atomic mass is 32.2. The molecule has 37 heavy (non-hydrogen) atoms. The molecule has 8 nitrogen and oxygen atoms in total. The lowest BCUT2D eigenvalue weighted by atomic mass is 10.1. The highest BCUT2D eigenvalue weighted by Gasteiger charge is 2.14. The maximum atomic E-state index is 9.10. The number of carboxylic acids is 2. The van der Waals surface area contributed by atoms with Gasteiger partial charge in [0, 0.05) is 24.5 Å². The molecule has 196 valence electrons. The lowest BCUT2D eigenvalue weighted by Gasteiger charge is -2.23. The lowest BCUT2D eigenvalue weighted by molar-refractivity contribution is -0.159. The third-order valence-electron chi connectivity index (χ3n) is 5.54. The Kier molecular flexibility index (Phi) is 10.7. The van der Waals surface area contributed by atoms with Crippen LogP contribution in [0.2, 0.25) is 0 Å². The van der Waals surface area contributed by atoms with E-state index >= 15 is 0 Å². The molecular weight excluding hydrogens is 494 g/mol. The highest BCUT2D eigenvalue weighted by molar-refractivity contribution is 7.98. The summed E-state index contributed by atoms with van der Waals surface area (Å²) in [5, 5.41) is 14.8. The summed E-state index contributed by atoms with van der Waals surface area (Å²) in [5.74, 6) is -1.04. The SMILES string of the molecule is CCOc1ccc(CN(CCc2ccc3c(c2)OCO3)Cc2ccc(SC)cc2)cc1.O=C(O)C(=O)O. The van der Waals surface area contributed by atoms with Crippen molar-refractivity contribution in [1.29, 1.82) is 0 Å². The molecule has 0 amide bonds. The summed E-state index contributed by atoms with van der Waals surface area (Å²) >= 11 is 1.77. The summed E-state index contributed by atoms with van der Waals surface area (Å²) in [4.78, 5) is 22.0. The van der Waals surface area contributed by atoms with Crippen molar-refractivity contribution in [2.45, 2.75) is 31.3 Å². The van der Waals surface area contributed by atoms with E-state index in [2.05, 4.69) is 71.8 Å². The molecule has 1 aliphatic rings. The van der Waals surface area contributed by atoms with E-state index in [1.807, 2.05) is 13.0 Å². The molecular formula is C28H31NO7S.